The number of benzene rings is 2. The topological polar surface area (TPSA) is 97.0 Å². The second-order valence-electron chi connectivity index (χ2n) is 11.8. The molecule has 3 amide bonds. The van der Waals surface area contributed by atoms with Crippen molar-refractivity contribution >= 4 is 23.6 Å². The quantitative estimate of drug-likeness (QED) is 0.392. The van der Waals surface area contributed by atoms with E-state index in [1.807, 2.05) is 45.9 Å². The Morgan fingerprint density at radius 2 is 1.67 bits per heavy atom. The summed E-state index contributed by atoms with van der Waals surface area (Å²) >= 11 is 0. The van der Waals surface area contributed by atoms with E-state index in [0.29, 0.717) is 17.9 Å². The van der Waals surface area contributed by atoms with Gasteiger partial charge in [0.1, 0.15) is 23.4 Å². The van der Waals surface area contributed by atoms with Crippen LogP contribution >= 0.6 is 0 Å². The molecule has 0 saturated heterocycles. The van der Waals surface area contributed by atoms with Crippen molar-refractivity contribution in [3.05, 3.63) is 59.2 Å². The standard InChI is InChI=1S/C31H43N3O5/c1-19(2)17-26(33-30(37)39-31(5,6)7)29(36)34(23-12-13-23)27(25-16-9-20(3)18-21(25)4)28(35)32-22-10-14-24(38-8)15-11-22/h9-11,14-16,18-19,23,26-27H,12-13,17H2,1-8H3,(H,32,35)(H,33,37). The molecule has 39 heavy (non-hydrogen) atoms. The smallest absolute Gasteiger partial charge is 0.408 e. The van der Waals surface area contributed by atoms with Gasteiger partial charge in [-0.2, -0.15) is 0 Å². The maximum absolute atomic E-state index is 14.3. The highest BCUT2D eigenvalue weighted by Crippen LogP contribution is 2.37. The van der Waals surface area contributed by atoms with E-state index in [2.05, 4.69) is 10.6 Å². The molecule has 2 N–H and O–H groups in total. The molecule has 0 radical (unpaired) electrons. The lowest BCUT2D eigenvalue weighted by Gasteiger charge is -2.35. The Bertz CT molecular complexity index is 1170. The largest absolute Gasteiger partial charge is 0.497 e. The van der Waals surface area contributed by atoms with Crippen LogP contribution in [0.2, 0.25) is 0 Å². The van der Waals surface area contributed by atoms with Crippen LogP contribution in [0.4, 0.5) is 10.5 Å². The summed E-state index contributed by atoms with van der Waals surface area (Å²) in [7, 11) is 1.59. The lowest BCUT2D eigenvalue weighted by Crippen LogP contribution is -2.53. The van der Waals surface area contributed by atoms with Gasteiger partial charge in [0.05, 0.1) is 7.11 Å². The Balaban J connectivity index is 2.01. The molecule has 1 aliphatic carbocycles. The summed E-state index contributed by atoms with van der Waals surface area (Å²) < 4.78 is 10.7. The number of rotatable bonds is 10. The van der Waals surface area contributed by atoms with Gasteiger partial charge in [0.2, 0.25) is 5.91 Å². The maximum atomic E-state index is 14.3. The zero-order chi connectivity index (χ0) is 28.9. The zero-order valence-electron chi connectivity index (χ0n) is 24.5. The van der Waals surface area contributed by atoms with Gasteiger partial charge in [-0.1, -0.05) is 37.6 Å². The third-order valence-corrected chi connectivity index (χ3v) is 6.49. The third-order valence-electron chi connectivity index (χ3n) is 6.49. The van der Waals surface area contributed by atoms with Crippen LogP contribution in [0.25, 0.3) is 0 Å². The van der Waals surface area contributed by atoms with Crippen molar-refractivity contribution in [2.75, 3.05) is 12.4 Å². The number of amides is 3. The first-order valence-electron chi connectivity index (χ1n) is 13.6. The van der Waals surface area contributed by atoms with Crippen LogP contribution in [0.15, 0.2) is 42.5 Å². The number of aryl methyl sites for hydroxylation is 2. The van der Waals surface area contributed by atoms with Crippen LogP contribution in [0.5, 0.6) is 5.75 Å². The number of alkyl carbamates (subject to hydrolysis) is 1. The summed E-state index contributed by atoms with van der Waals surface area (Å²) in [5, 5.41) is 5.80. The number of methoxy groups -OCH3 is 1. The average molecular weight is 538 g/mol. The molecule has 8 heteroatoms. The highest BCUT2D eigenvalue weighted by Gasteiger charge is 2.44. The Morgan fingerprint density at radius 1 is 1.03 bits per heavy atom. The van der Waals surface area contributed by atoms with Gasteiger partial charge in [-0.15, -0.1) is 0 Å². The van der Waals surface area contributed by atoms with E-state index in [-0.39, 0.29) is 23.8 Å². The number of nitrogens with zero attached hydrogens (tertiary/aromatic N) is 1. The van der Waals surface area contributed by atoms with E-state index >= 15 is 0 Å². The molecule has 0 bridgehead atoms. The Kier molecular flexibility index (Phi) is 9.64. The van der Waals surface area contributed by atoms with E-state index in [1.165, 1.54) is 0 Å². The SMILES string of the molecule is COc1ccc(NC(=O)C(c2ccc(C)cc2C)N(C(=O)C(CC(C)C)NC(=O)OC(C)(C)C)C2CC2)cc1. The summed E-state index contributed by atoms with van der Waals surface area (Å²) in [5.74, 6) is 0.209. The normalized spacial score (nSPS) is 14.8. The fraction of sp³-hybridized carbons (Fsp3) is 0.516. The molecule has 0 aliphatic heterocycles. The van der Waals surface area contributed by atoms with Gasteiger partial charge in [0, 0.05) is 11.7 Å². The molecule has 1 saturated carbocycles. The van der Waals surface area contributed by atoms with Crippen molar-refractivity contribution in [1.82, 2.24) is 10.2 Å². The van der Waals surface area contributed by atoms with Crippen molar-refractivity contribution in [2.45, 2.75) is 91.5 Å². The van der Waals surface area contributed by atoms with Crippen molar-refractivity contribution in [3.63, 3.8) is 0 Å². The first-order chi connectivity index (χ1) is 18.3. The van der Waals surface area contributed by atoms with Gasteiger partial charge in [-0.3, -0.25) is 9.59 Å². The number of nitrogens with one attached hydrogen (secondary N) is 2. The predicted octanol–water partition coefficient (Wildman–Crippen LogP) is 5.92. The number of carbonyl (C=O) groups is 3. The minimum atomic E-state index is -0.872. The molecular weight excluding hydrogens is 494 g/mol. The number of carbonyl (C=O) groups excluding carboxylic acids is 3. The third kappa shape index (κ3) is 8.47. The maximum Gasteiger partial charge on any atom is 0.408 e. The molecule has 1 aliphatic rings. The van der Waals surface area contributed by atoms with Gasteiger partial charge < -0.3 is 25.0 Å². The Morgan fingerprint density at radius 3 is 2.18 bits per heavy atom. The van der Waals surface area contributed by atoms with Gasteiger partial charge in [0.15, 0.2) is 0 Å². The lowest BCUT2D eigenvalue weighted by molar-refractivity contribution is -0.141. The molecule has 0 aromatic heterocycles. The molecule has 1 fully saturated rings. The second-order valence-corrected chi connectivity index (χ2v) is 11.8. The summed E-state index contributed by atoms with van der Waals surface area (Å²) in [6.45, 7) is 13.3. The molecule has 8 nitrogen and oxygen atoms in total. The monoisotopic (exact) mass is 537 g/mol. The molecule has 3 rings (SSSR count). The van der Waals surface area contributed by atoms with Crippen molar-refractivity contribution < 1.29 is 23.9 Å². The minimum Gasteiger partial charge on any atom is -0.497 e. The van der Waals surface area contributed by atoms with Gasteiger partial charge in [0.25, 0.3) is 5.91 Å². The number of ether oxygens (including phenoxy) is 2. The Labute approximate surface area is 232 Å². The zero-order valence-corrected chi connectivity index (χ0v) is 24.5. The van der Waals surface area contributed by atoms with Crippen molar-refractivity contribution in [1.29, 1.82) is 0 Å². The van der Waals surface area contributed by atoms with Crippen LogP contribution < -0.4 is 15.4 Å². The first kappa shape index (κ1) is 30.0. The molecule has 2 aromatic rings. The molecule has 2 atom stereocenters. The van der Waals surface area contributed by atoms with Crippen LogP contribution in [0.3, 0.4) is 0 Å². The second kappa shape index (κ2) is 12.5. The molecule has 212 valence electrons. The van der Waals surface area contributed by atoms with E-state index in [1.54, 1.807) is 57.0 Å². The fourth-order valence-electron chi connectivity index (χ4n) is 4.63. The summed E-state index contributed by atoms with van der Waals surface area (Å²) in [6, 6.07) is 11.2. The van der Waals surface area contributed by atoms with Crippen molar-refractivity contribution in [3.8, 4) is 5.75 Å². The molecule has 0 spiro atoms. The molecule has 2 aromatic carbocycles. The Hall–Kier alpha value is -3.55. The minimum absolute atomic E-state index is 0.0973. The van der Waals surface area contributed by atoms with Crippen LogP contribution in [-0.2, 0) is 14.3 Å². The molecular formula is C31H43N3O5. The van der Waals surface area contributed by atoms with Crippen LogP contribution in [0, 0.1) is 19.8 Å². The predicted molar refractivity (Wildman–Crippen MR) is 153 cm³/mol. The first-order valence-corrected chi connectivity index (χ1v) is 13.6. The summed E-state index contributed by atoms with van der Waals surface area (Å²) in [4.78, 5) is 42.7. The van der Waals surface area contributed by atoms with Gasteiger partial charge in [-0.05, 0) is 95.2 Å². The van der Waals surface area contributed by atoms with E-state index in [4.69, 9.17) is 9.47 Å². The number of hydrogen-bond acceptors (Lipinski definition) is 5. The van der Waals surface area contributed by atoms with Gasteiger partial charge in [-0.25, -0.2) is 4.79 Å². The van der Waals surface area contributed by atoms with Gasteiger partial charge >= 0.3 is 6.09 Å². The van der Waals surface area contributed by atoms with Crippen molar-refractivity contribution in [2.24, 2.45) is 5.92 Å². The van der Waals surface area contributed by atoms with Crippen LogP contribution in [0.1, 0.15) is 76.6 Å². The molecule has 2 unspecified atom stereocenters. The summed E-state index contributed by atoms with van der Waals surface area (Å²) in [5.41, 5.74) is 2.64. The average Bonchev–Trinajstić information content (AvgIpc) is 3.66. The highest BCUT2D eigenvalue weighted by atomic mass is 16.6. The van der Waals surface area contributed by atoms with Crippen LogP contribution in [-0.4, -0.2) is 47.6 Å². The van der Waals surface area contributed by atoms with E-state index < -0.39 is 23.8 Å². The fourth-order valence-corrected chi connectivity index (χ4v) is 4.63. The molecule has 0 heterocycles. The lowest BCUT2D eigenvalue weighted by atomic mass is 9.95. The van der Waals surface area contributed by atoms with E-state index in [9.17, 15) is 14.4 Å². The highest BCUT2D eigenvalue weighted by molar-refractivity contribution is 5.99. The van der Waals surface area contributed by atoms with E-state index in [0.717, 1.165) is 29.5 Å². The number of hydrogen-bond donors (Lipinski definition) is 2. The summed E-state index contributed by atoms with van der Waals surface area (Å²) in [6.07, 6.45) is 1.36. The number of anilines is 1.